The smallest absolute Gasteiger partial charge is 0.178 e. The van der Waals surface area contributed by atoms with Crippen molar-refractivity contribution in [2.75, 3.05) is 5.75 Å². The number of hydrogen-bond acceptors (Lipinski definition) is 3. The molecule has 0 amide bonds. The second-order valence-electron chi connectivity index (χ2n) is 12.4. The third kappa shape index (κ3) is 3.59. The molecule has 5 rings (SSSR count). The van der Waals surface area contributed by atoms with Gasteiger partial charge in [0.1, 0.15) is 0 Å². The van der Waals surface area contributed by atoms with E-state index in [1.807, 2.05) is 18.2 Å². The minimum absolute atomic E-state index is 0.0817. The third-order valence-corrected chi connectivity index (χ3v) is 12.9. The van der Waals surface area contributed by atoms with Crippen LogP contribution in [0.15, 0.2) is 35.2 Å². The first-order valence-electron chi connectivity index (χ1n) is 13.1. The van der Waals surface area contributed by atoms with E-state index in [1.165, 1.54) is 44.9 Å². The van der Waals surface area contributed by atoms with E-state index in [0.29, 0.717) is 22.1 Å². The van der Waals surface area contributed by atoms with Gasteiger partial charge in [-0.05, 0) is 116 Å². The molecular formula is C28H42O3S. The van der Waals surface area contributed by atoms with Crippen LogP contribution in [0.2, 0.25) is 0 Å². The minimum Gasteiger partial charge on any atom is -0.393 e. The molecule has 9 atom stereocenters. The minimum atomic E-state index is -3.24. The molecule has 3 nitrogen and oxygen atoms in total. The van der Waals surface area contributed by atoms with E-state index >= 15 is 0 Å². The summed E-state index contributed by atoms with van der Waals surface area (Å²) >= 11 is 0. The second kappa shape index (κ2) is 8.12. The zero-order chi connectivity index (χ0) is 22.7. The van der Waals surface area contributed by atoms with Gasteiger partial charge in [0, 0.05) is 0 Å². The maximum absolute atomic E-state index is 13.1. The molecule has 4 heteroatoms. The van der Waals surface area contributed by atoms with Crippen molar-refractivity contribution in [1.82, 2.24) is 0 Å². The molecule has 178 valence electrons. The molecule has 0 bridgehead atoms. The highest BCUT2D eigenvalue weighted by Crippen LogP contribution is 2.68. The van der Waals surface area contributed by atoms with Crippen LogP contribution in [-0.4, -0.2) is 25.4 Å². The molecule has 1 aromatic carbocycles. The maximum atomic E-state index is 13.1. The van der Waals surface area contributed by atoms with Crippen molar-refractivity contribution in [3.63, 3.8) is 0 Å². The molecule has 1 N–H and O–H groups in total. The average Bonchev–Trinajstić information content (AvgIpc) is 3.12. The van der Waals surface area contributed by atoms with Gasteiger partial charge in [0.2, 0.25) is 0 Å². The Labute approximate surface area is 195 Å². The maximum Gasteiger partial charge on any atom is 0.178 e. The molecule has 0 saturated heterocycles. The van der Waals surface area contributed by atoms with Gasteiger partial charge in [-0.15, -0.1) is 0 Å². The van der Waals surface area contributed by atoms with Crippen molar-refractivity contribution in [3.8, 4) is 0 Å². The Kier molecular flexibility index (Phi) is 5.81. The van der Waals surface area contributed by atoms with E-state index in [2.05, 4.69) is 20.8 Å². The summed E-state index contributed by atoms with van der Waals surface area (Å²) < 4.78 is 26.2. The van der Waals surface area contributed by atoms with Gasteiger partial charge in [-0.2, -0.15) is 0 Å². The molecule has 4 saturated carbocycles. The molecule has 0 aliphatic heterocycles. The SMILES string of the molecule is C[C@H](CS(=O)(=O)c1ccccc1)[C@H]1CCC2[C@@H]3CCC4C[C@@H](O)CC[C@]4(C)C3CC[C@@]21C. The van der Waals surface area contributed by atoms with Crippen molar-refractivity contribution in [1.29, 1.82) is 0 Å². The van der Waals surface area contributed by atoms with Crippen LogP contribution in [0.3, 0.4) is 0 Å². The van der Waals surface area contributed by atoms with Crippen LogP contribution in [-0.2, 0) is 9.84 Å². The number of benzene rings is 1. The standard InChI is InChI=1S/C28H42O3S/c1-19(18-32(30,31)22-7-5-4-6-8-22)24-11-12-25-23-10-9-20-17-21(29)13-15-27(20,2)26(23)14-16-28(24,25)3/h4-8,19-21,23-26,29H,9-18H2,1-3H3/t19-,20?,21+,23+,24-,25?,26?,27+,28-/m1/s1. The Bertz CT molecular complexity index is 927. The molecule has 4 fully saturated rings. The summed E-state index contributed by atoms with van der Waals surface area (Å²) in [7, 11) is -3.24. The van der Waals surface area contributed by atoms with Crippen LogP contribution in [0, 0.1) is 46.3 Å². The van der Waals surface area contributed by atoms with Crippen LogP contribution in [0.1, 0.15) is 78.6 Å². The first-order valence-corrected chi connectivity index (χ1v) is 14.8. The van der Waals surface area contributed by atoms with Gasteiger partial charge < -0.3 is 5.11 Å². The highest BCUT2D eigenvalue weighted by molar-refractivity contribution is 7.91. The Morgan fingerprint density at radius 3 is 2.38 bits per heavy atom. The van der Waals surface area contributed by atoms with Crippen molar-refractivity contribution < 1.29 is 13.5 Å². The lowest BCUT2D eigenvalue weighted by Gasteiger charge is -2.61. The van der Waals surface area contributed by atoms with Crippen molar-refractivity contribution in [2.24, 2.45) is 46.3 Å². The fourth-order valence-electron chi connectivity index (χ4n) is 9.40. The zero-order valence-electron chi connectivity index (χ0n) is 20.2. The third-order valence-electron chi connectivity index (χ3n) is 11.0. The fourth-order valence-corrected chi connectivity index (χ4v) is 11.1. The van der Waals surface area contributed by atoms with E-state index in [-0.39, 0.29) is 23.2 Å². The van der Waals surface area contributed by atoms with Crippen LogP contribution in [0.4, 0.5) is 0 Å². The first-order chi connectivity index (χ1) is 15.1. The number of fused-ring (bicyclic) bond motifs is 5. The molecule has 0 spiro atoms. The highest BCUT2D eigenvalue weighted by Gasteiger charge is 2.60. The summed E-state index contributed by atoms with van der Waals surface area (Å²) in [4.78, 5) is 0.473. The van der Waals surface area contributed by atoms with Gasteiger partial charge in [0.05, 0.1) is 16.8 Å². The zero-order valence-corrected chi connectivity index (χ0v) is 21.0. The molecule has 4 aliphatic carbocycles. The van der Waals surface area contributed by atoms with Crippen molar-refractivity contribution >= 4 is 9.84 Å². The molecule has 3 unspecified atom stereocenters. The number of aliphatic hydroxyl groups excluding tert-OH is 1. The van der Waals surface area contributed by atoms with Crippen molar-refractivity contribution in [2.45, 2.75) is 89.6 Å². The van der Waals surface area contributed by atoms with Gasteiger partial charge in [-0.3, -0.25) is 0 Å². The number of rotatable bonds is 4. The summed E-state index contributed by atoms with van der Waals surface area (Å²) in [5, 5.41) is 10.3. The monoisotopic (exact) mass is 458 g/mol. The predicted molar refractivity (Wildman–Crippen MR) is 129 cm³/mol. The lowest BCUT2D eigenvalue weighted by molar-refractivity contribution is -0.128. The average molecular weight is 459 g/mol. The van der Waals surface area contributed by atoms with Gasteiger partial charge in [0.25, 0.3) is 0 Å². The van der Waals surface area contributed by atoms with E-state index < -0.39 is 9.84 Å². The Morgan fingerprint density at radius 1 is 0.938 bits per heavy atom. The quantitative estimate of drug-likeness (QED) is 0.592. The lowest BCUT2D eigenvalue weighted by Crippen LogP contribution is -2.54. The van der Waals surface area contributed by atoms with Gasteiger partial charge in [-0.25, -0.2) is 8.42 Å². The fraction of sp³-hybridized carbons (Fsp3) is 0.786. The normalized spacial score (nSPS) is 44.9. The molecule has 4 aliphatic rings. The predicted octanol–water partition coefficient (Wildman–Crippen LogP) is 6.12. The van der Waals surface area contributed by atoms with Crippen LogP contribution >= 0.6 is 0 Å². The summed E-state index contributed by atoms with van der Waals surface area (Å²) in [5.41, 5.74) is 0.688. The van der Waals surface area contributed by atoms with Gasteiger partial charge in [-0.1, -0.05) is 39.0 Å². The van der Waals surface area contributed by atoms with Crippen LogP contribution in [0.5, 0.6) is 0 Å². The van der Waals surface area contributed by atoms with Gasteiger partial charge in [0.15, 0.2) is 9.84 Å². The lowest BCUT2D eigenvalue weighted by atomic mass is 9.44. The summed E-state index contributed by atoms with van der Waals surface area (Å²) in [6.07, 6.45) is 10.7. The molecule has 1 aromatic rings. The van der Waals surface area contributed by atoms with E-state index in [1.54, 1.807) is 12.1 Å². The second-order valence-corrected chi connectivity index (χ2v) is 14.4. The Morgan fingerprint density at radius 2 is 1.62 bits per heavy atom. The van der Waals surface area contributed by atoms with E-state index in [9.17, 15) is 13.5 Å². The van der Waals surface area contributed by atoms with Gasteiger partial charge >= 0.3 is 0 Å². The number of hydrogen-bond donors (Lipinski definition) is 1. The Balaban J connectivity index is 1.34. The highest BCUT2D eigenvalue weighted by atomic mass is 32.2. The van der Waals surface area contributed by atoms with E-state index in [0.717, 1.165) is 30.6 Å². The summed E-state index contributed by atoms with van der Waals surface area (Å²) in [6.45, 7) is 7.26. The molecular weight excluding hydrogens is 416 g/mol. The molecule has 0 aromatic heterocycles. The number of aliphatic hydroxyl groups is 1. The Hall–Kier alpha value is -0.870. The molecule has 32 heavy (non-hydrogen) atoms. The molecule has 0 radical (unpaired) electrons. The first kappa shape index (κ1) is 22.9. The number of sulfone groups is 1. The molecule has 0 heterocycles. The van der Waals surface area contributed by atoms with E-state index in [4.69, 9.17) is 0 Å². The topological polar surface area (TPSA) is 54.4 Å². The van der Waals surface area contributed by atoms with Crippen molar-refractivity contribution in [3.05, 3.63) is 30.3 Å². The summed E-state index contributed by atoms with van der Waals surface area (Å²) in [6, 6.07) is 9.02. The summed E-state index contributed by atoms with van der Waals surface area (Å²) in [5.74, 6) is 4.02. The van der Waals surface area contributed by atoms with Crippen LogP contribution < -0.4 is 0 Å². The van der Waals surface area contributed by atoms with Crippen LogP contribution in [0.25, 0.3) is 0 Å². The largest absolute Gasteiger partial charge is 0.393 e.